The molecular formula is C20H20N2O. The molecular weight excluding hydrogens is 284 g/mol. The third-order valence-corrected chi connectivity index (χ3v) is 3.95. The molecule has 0 atom stereocenters. The average molecular weight is 304 g/mol. The average Bonchev–Trinajstić information content (AvgIpc) is 2.81. The Labute approximate surface area is 137 Å². The SMILES string of the molecule is CN(C)/C=C/C(=C1\C(=O)N(C)c2ccccc21)c1ccccc1. The Hall–Kier alpha value is -2.81. The fourth-order valence-corrected chi connectivity index (χ4v) is 2.80. The number of fused-ring (bicyclic) bond motifs is 1. The van der Waals surface area contributed by atoms with Crippen molar-refractivity contribution in [3.05, 3.63) is 78.0 Å². The van der Waals surface area contributed by atoms with Gasteiger partial charge in [0.2, 0.25) is 0 Å². The Morgan fingerprint density at radius 3 is 2.35 bits per heavy atom. The summed E-state index contributed by atoms with van der Waals surface area (Å²) < 4.78 is 0. The number of carbonyl (C=O) groups is 1. The van der Waals surface area contributed by atoms with Crippen molar-refractivity contribution in [3.8, 4) is 0 Å². The highest BCUT2D eigenvalue weighted by Gasteiger charge is 2.31. The van der Waals surface area contributed by atoms with Crippen molar-refractivity contribution in [1.82, 2.24) is 4.90 Å². The second kappa shape index (κ2) is 6.13. The summed E-state index contributed by atoms with van der Waals surface area (Å²) in [6.45, 7) is 0. The van der Waals surface area contributed by atoms with Gasteiger partial charge in [-0.05, 0) is 29.5 Å². The highest BCUT2D eigenvalue weighted by Crippen LogP contribution is 2.40. The number of nitrogens with zero attached hydrogens (tertiary/aromatic N) is 2. The number of carbonyl (C=O) groups excluding carboxylic acids is 1. The molecule has 1 aliphatic heterocycles. The van der Waals surface area contributed by atoms with Crippen LogP contribution in [0.15, 0.2) is 66.9 Å². The van der Waals surface area contributed by atoms with Crippen LogP contribution < -0.4 is 4.90 Å². The Bertz CT molecular complexity index is 788. The van der Waals surface area contributed by atoms with Crippen LogP contribution in [0.1, 0.15) is 11.1 Å². The third kappa shape index (κ3) is 2.78. The minimum atomic E-state index is 0.0356. The predicted octanol–water partition coefficient (Wildman–Crippen LogP) is 3.65. The first-order valence-electron chi connectivity index (χ1n) is 7.61. The van der Waals surface area contributed by atoms with Crippen LogP contribution in [0.4, 0.5) is 5.69 Å². The van der Waals surface area contributed by atoms with E-state index in [1.54, 1.807) is 4.90 Å². The lowest BCUT2D eigenvalue weighted by Crippen LogP contribution is -2.20. The van der Waals surface area contributed by atoms with Crippen molar-refractivity contribution in [1.29, 1.82) is 0 Å². The first kappa shape index (κ1) is 15.1. The monoisotopic (exact) mass is 304 g/mol. The molecule has 1 aliphatic rings. The predicted molar refractivity (Wildman–Crippen MR) is 95.9 cm³/mol. The number of benzene rings is 2. The highest BCUT2D eigenvalue weighted by molar-refractivity contribution is 6.38. The zero-order valence-corrected chi connectivity index (χ0v) is 13.7. The first-order chi connectivity index (χ1) is 11.1. The quantitative estimate of drug-likeness (QED) is 0.808. The van der Waals surface area contributed by atoms with Gasteiger partial charge in [0.05, 0.1) is 11.3 Å². The summed E-state index contributed by atoms with van der Waals surface area (Å²) in [4.78, 5) is 16.5. The van der Waals surface area contributed by atoms with E-state index < -0.39 is 0 Å². The number of rotatable bonds is 3. The van der Waals surface area contributed by atoms with Crippen LogP contribution >= 0.6 is 0 Å². The molecule has 0 fully saturated rings. The van der Waals surface area contributed by atoms with Gasteiger partial charge in [0, 0.05) is 26.7 Å². The molecule has 116 valence electrons. The number of para-hydroxylation sites is 1. The van der Waals surface area contributed by atoms with Gasteiger partial charge in [-0.3, -0.25) is 4.79 Å². The summed E-state index contributed by atoms with van der Waals surface area (Å²) in [6, 6.07) is 18.0. The summed E-state index contributed by atoms with van der Waals surface area (Å²) in [5, 5.41) is 0. The minimum absolute atomic E-state index is 0.0356. The Morgan fingerprint density at radius 2 is 1.65 bits per heavy atom. The molecule has 0 radical (unpaired) electrons. The van der Waals surface area contributed by atoms with Crippen molar-refractivity contribution in [2.45, 2.75) is 0 Å². The van der Waals surface area contributed by atoms with E-state index in [4.69, 9.17) is 0 Å². The molecule has 2 aromatic carbocycles. The van der Waals surface area contributed by atoms with Gasteiger partial charge in [-0.2, -0.15) is 0 Å². The zero-order valence-electron chi connectivity index (χ0n) is 13.7. The maximum absolute atomic E-state index is 12.8. The smallest absolute Gasteiger partial charge is 0.259 e. The zero-order chi connectivity index (χ0) is 16.4. The van der Waals surface area contributed by atoms with Crippen molar-refractivity contribution in [3.63, 3.8) is 0 Å². The molecule has 0 saturated heterocycles. The van der Waals surface area contributed by atoms with Crippen molar-refractivity contribution in [2.75, 3.05) is 26.0 Å². The molecule has 0 bridgehead atoms. The lowest BCUT2D eigenvalue weighted by atomic mass is 9.95. The van der Waals surface area contributed by atoms with Gasteiger partial charge >= 0.3 is 0 Å². The summed E-state index contributed by atoms with van der Waals surface area (Å²) in [6.07, 6.45) is 3.99. The van der Waals surface area contributed by atoms with Crippen LogP contribution in [0, 0.1) is 0 Å². The largest absolute Gasteiger partial charge is 0.383 e. The van der Waals surface area contributed by atoms with Crippen LogP contribution in [-0.4, -0.2) is 32.0 Å². The lowest BCUT2D eigenvalue weighted by molar-refractivity contribution is -0.112. The topological polar surface area (TPSA) is 23.6 Å². The van der Waals surface area contributed by atoms with Gasteiger partial charge in [-0.1, -0.05) is 48.5 Å². The molecule has 0 saturated carbocycles. The van der Waals surface area contributed by atoms with E-state index in [1.165, 1.54) is 0 Å². The van der Waals surface area contributed by atoms with E-state index in [1.807, 2.05) is 92.9 Å². The second-order valence-corrected chi connectivity index (χ2v) is 5.82. The third-order valence-electron chi connectivity index (χ3n) is 3.95. The number of anilines is 1. The summed E-state index contributed by atoms with van der Waals surface area (Å²) >= 11 is 0. The second-order valence-electron chi connectivity index (χ2n) is 5.82. The molecule has 0 spiro atoms. The molecule has 23 heavy (non-hydrogen) atoms. The minimum Gasteiger partial charge on any atom is -0.383 e. The van der Waals surface area contributed by atoms with Crippen molar-refractivity contribution in [2.24, 2.45) is 0 Å². The Balaban J connectivity index is 2.26. The molecule has 3 rings (SSSR count). The molecule has 3 nitrogen and oxygen atoms in total. The molecule has 1 amide bonds. The van der Waals surface area contributed by atoms with E-state index in [0.29, 0.717) is 0 Å². The van der Waals surface area contributed by atoms with Gasteiger partial charge in [0.25, 0.3) is 5.91 Å². The molecule has 0 aliphatic carbocycles. The van der Waals surface area contributed by atoms with Crippen LogP contribution in [0.25, 0.3) is 11.1 Å². The molecule has 2 aromatic rings. The molecule has 1 heterocycles. The van der Waals surface area contributed by atoms with E-state index in [2.05, 4.69) is 0 Å². The van der Waals surface area contributed by atoms with Crippen LogP contribution in [0.5, 0.6) is 0 Å². The van der Waals surface area contributed by atoms with Gasteiger partial charge in [-0.25, -0.2) is 0 Å². The van der Waals surface area contributed by atoms with E-state index in [-0.39, 0.29) is 5.91 Å². The van der Waals surface area contributed by atoms with E-state index >= 15 is 0 Å². The fraction of sp³-hybridized carbons (Fsp3) is 0.150. The van der Waals surface area contributed by atoms with Crippen molar-refractivity contribution < 1.29 is 4.79 Å². The molecule has 0 N–H and O–H groups in total. The van der Waals surface area contributed by atoms with Crippen LogP contribution in [0.2, 0.25) is 0 Å². The number of hydrogen-bond donors (Lipinski definition) is 0. The summed E-state index contributed by atoms with van der Waals surface area (Å²) in [5.41, 5.74) is 4.69. The van der Waals surface area contributed by atoms with Crippen LogP contribution in [-0.2, 0) is 4.79 Å². The maximum Gasteiger partial charge on any atom is 0.259 e. The van der Waals surface area contributed by atoms with Gasteiger partial charge in [0.1, 0.15) is 0 Å². The normalized spacial score (nSPS) is 16.0. The highest BCUT2D eigenvalue weighted by atomic mass is 16.2. The number of hydrogen-bond acceptors (Lipinski definition) is 2. The van der Waals surface area contributed by atoms with E-state index in [9.17, 15) is 4.79 Å². The Morgan fingerprint density at radius 1 is 1.00 bits per heavy atom. The fourth-order valence-electron chi connectivity index (χ4n) is 2.80. The molecule has 0 aromatic heterocycles. The van der Waals surface area contributed by atoms with E-state index in [0.717, 1.165) is 28.0 Å². The first-order valence-corrected chi connectivity index (χ1v) is 7.61. The molecule has 3 heteroatoms. The van der Waals surface area contributed by atoms with Gasteiger partial charge < -0.3 is 9.80 Å². The maximum atomic E-state index is 12.8. The Kier molecular flexibility index (Phi) is 4.02. The van der Waals surface area contributed by atoms with Gasteiger partial charge in [0.15, 0.2) is 0 Å². The standard InChI is InChI=1S/C20H20N2O/c1-21(2)14-13-16(15-9-5-4-6-10-15)19-17-11-7-8-12-18(17)22(3)20(19)23/h4-14H,1-3H3/b14-13+,19-16+. The number of allylic oxidation sites excluding steroid dienone is 2. The molecule has 0 unspecified atom stereocenters. The lowest BCUT2D eigenvalue weighted by Gasteiger charge is -2.11. The number of amides is 1. The summed E-state index contributed by atoms with van der Waals surface area (Å²) in [7, 11) is 5.77. The number of likely N-dealkylation sites (N-methyl/N-ethyl adjacent to an activating group) is 1. The van der Waals surface area contributed by atoms with Crippen LogP contribution in [0.3, 0.4) is 0 Å². The van der Waals surface area contributed by atoms with Crippen molar-refractivity contribution >= 4 is 22.7 Å². The van der Waals surface area contributed by atoms with Gasteiger partial charge in [-0.15, -0.1) is 0 Å². The summed E-state index contributed by atoms with van der Waals surface area (Å²) in [5.74, 6) is 0.0356.